The van der Waals surface area contributed by atoms with E-state index in [0.717, 1.165) is 0 Å². The molecular weight excluding hydrogens is 596 g/mol. The topological polar surface area (TPSA) is 376 Å². The van der Waals surface area contributed by atoms with E-state index in [4.69, 9.17) is 57.1 Å². The smallest absolute Gasteiger partial charge is 0.187 e. The van der Waals surface area contributed by atoms with Gasteiger partial charge in [0, 0.05) is 24.0 Å². The van der Waals surface area contributed by atoms with Crippen LogP contribution >= 0.6 is 0 Å². The first-order valence-corrected chi connectivity index (χ1v) is 14.2. The van der Waals surface area contributed by atoms with Crippen molar-refractivity contribution < 1.29 is 64.2 Å². The van der Waals surface area contributed by atoms with Gasteiger partial charge in [-0.15, -0.1) is 0 Å². The Morgan fingerprint density at radius 3 is 1.61 bits per heavy atom. The van der Waals surface area contributed by atoms with Gasteiger partial charge < -0.3 is 92.8 Å². The van der Waals surface area contributed by atoms with Gasteiger partial charge in [-0.25, -0.2) is 0 Å². The maximum absolute atomic E-state index is 11.2. The van der Waals surface area contributed by atoms with Crippen LogP contribution in [-0.2, 0) is 28.4 Å². The Hall–Kier alpha value is -1.41. The molecule has 0 unspecified atom stereocenters. The van der Waals surface area contributed by atoms with E-state index >= 15 is 0 Å². The van der Waals surface area contributed by atoms with E-state index in [1.807, 2.05) is 0 Å². The molecule has 0 aromatic carbocycles. The summed E-state index contributed by atoms with van der Waals surface area (Å²) in [5.74, 6) is 0. The molecule has 0 aromatic rings. The molecule has 21 nitrogen and oxygen atoms in total. The second-order valence-electron chi connectivity index (χ2n) is 11.4. The zero-order valence-corrected chi connectivity index (χ0v) is 23.6. The number of hydrogen-bond donors (Lipinski definition) is 12. The molecule has 0 aromatic heterocycles. The van der Waals surface area contributed by atoms with Gasteiger partial charge in [-0.2, -0.15) is 0 Å². The van der Waals surface area contributed by atoms with Gasteiger partial charge in [-0.1, -0.05) is 5.11 Å². The first-order valence-electron chi connectivity index (χ1n) is 14.2. The van der Waals surface area contributed by atoms with E-state index in [9.17, 15) is 41.3 Å². The number of nitrogens with two attached hydrogens (primary N) is 5. The molecule has 17 N–H and O–H groups in total. The molecule has 4 aliphatic rings. The summed E-state index contributed by atoms with van der Waals surface area (Å²) in [5, 5.41) is 77.0. The predicted molar refractivity (Wildman–Crippen MR) is 143 cm³/mol. The van der Waals surface area contributed by atoms with E-state index in [1.165, 1.54) is 0 Å². The normalized spacial score (nSPS) is 51.6. The Bertz CT molecular complexity index is 984. The molecule has 3 aliphatic heterocycles. The third-order valence-electron chi connectivity index (χ3n) is 8.50. The van der Waals surface area contributed by atoms with Crippen LogP contribution in [0.2, 0.25) is 0 Å². The zero-order chi connectivity index (χ0) is 32.5. The van der Waals surface area contributed by atoms with E-state index in [2.05, 4.69) is 10.0 Å². The van der Waals surface area contributed by atoms with Crippen molar-refractivity contribution in [3.63, 3.8) is 0 Å². The molecule has 254 valence electrons. The second kappa shape index (κ2) is 15.0. The molecule has 0 radical (unpaired) electrons. The first kappa shape index (κ1) is 35.4. The number of aliphatic hydroxyl groups is 7. The Labute approximate surface area is 251 Å². The van der Waals surface area contributed by atoms with Crippen LogP contribution in [0.3, 0.4) is 0 Å². The first-order chi connectivity index (χ1) is 20.9. The summed E-state index contributed by atoms with van der Waals surface area (Å²) in [6.07, 6.45) is -21.0. The fraction of sp³-hybridized carbons (Fsp3) is 1.00. The summed E-state index contributed by atoms with van der Waals surface area (Å²) in [7, 11) is 0. The lowest BCUT2D eigenvalue weighted by atomic mass is 9.84. The summed E-state index contributed by atoms with van der Waals surface area (Å²) in [4.78, 5) is 2.82. The minimum absolute atomic E-state index is 0.0737. The zero-order valence-electron chi connectivity index (χ0n) is 23.6. The third-order valence-corrected chi connectivity index (χ3v) is 8.50. The quantitative estimate of drug-likeness (QED) is 0.0599. The highest BCUT2D eigenvalue weighted by molar-refractivity contribution is 5.03. The number of azide groups is 1. The number of ether oxygens (including phenoxy) is 6. The lowest BCUT2D eigenvalue weighted by Gasteiger charge is -2.47. The maximum atomic E-state index is 11.2. The second-order valence-corrected chi connectivity index (χ2v) is 11.4. The molecule has 0 spiro atoms. The highest BCUT2D eigenvalue weighted by atomic mass is 16.8. The fourth-order valence-electron chi connectivity index (χ4n) is 5.85. The summed E-state index contributed by atoms with van der Waals surface area (Å²) in [5.41, 5.74) is 38.6. The van der Waals surface area contributed by atoms with E-state index in [0.29, 0.717) is 0 Å². The van der Waals surface area contributed by atoms with Crippen molar-refractivity contribution in [3.05, 3.63) is 10.4 Å². The molecule has 44 heavy (non-hydrogen) atoms. The number of aliphatic hydroxyl groups excluding tert-OH is 7. The van der Waals surface area contributed by atoms with Gasteiger partial charge in [0.1, 0.15) is 61.0 Å². The van der Waals surface area contributed by atoms with Crippen LogP contribution in [0, 0.1) is 0 Å². The molecule has 19 atom stereocenters. The molecule has 21 heteroatoms. The number of nitrogens with zero attached hydrogens (tertiary/aromatic N) is 3. The van der Waals surface area contributed by atoms with E-state index in [1.54, 1.807) is 0 Å². The largest absolute Gasteiger partial charge is 0.394 e. The van der Waals surface area contributed by atoms with Gasteiger partial charge >= 0.3 is 0 Å². The minimum atomic E-state index is -1.67. The van der Waals surface area contributed by atoms with Gasteiger partial charge in [0.2, 0.25) is 0 Å². The molecular formula is C23H44N8O13. The summed E-state index contributed by atoms with van der Waals surface area (Å²) >= 11 is 0. The van der Waals surface area contributed by atoms with Crippen LogP contribution in [-0.4, -0.2) is 172 Å². The highest BCUT2D eigenvalue weighted by Crippen LogP contribution is 2.35. The molecule has 4 fully saturated rings. The van der Waals surface area contributed by atoms with Crippen LogP contribution in [0.15, 0.2) is 5.11 Å². The van der Waals surface area contributed by atoms with Gasteiger partial charge in [-0.05, 0) is 12.0 Å². The van der Waals surface area contributed by atoms with Crippen LogP contribution in [0.5, 0.6) is 0 Å². The average molecular weight is 641 g/mol. The van der Waals surface area contributed by atoms with Crippen LogP contribution in [0.25, 0.3) is 10.4 Å². The van der Waals surface area contributed by atoms with Crippen molar-refractivity contribution >= 4 is 0 Å². The lowest BCUT2D eigenvalue weighted by molar-refractivity contribution is -0.306. The summed E-state index contributed by atoms with van der Waals surface area (Å²) < 4.78 is 34.7. The van der Waals surface area contributed by atoms with Crippen molar-refractivity contribution in [2.45, 2.75) is 123 Å². The predicted octanol–water partition coefficient (Wildman–Crippen LogP) is -7.54. The molecule has 0 bridgehead atoms. The van der Waals surface area contributed by atoms with Gasteiger partial charge in [0.25, 0.3) is 0 Å². The van der Waals surface area contributed by atoms with Crippen LogP contribution in [0.1, 0.15) is 6.42 Å². The average Bonchev–Trinajstić information content (AvgIpc) is 3.30. The maximum Gasteiger partial charge on any atom is 0.187 e. The molecule has 0 amide bonds. The molecule has 3 heterocycles. The molecule has 4 rings (SSSR count). The summed E-state index contributed by atoms with van der Waals surface area (Å²) in [6, 6.07) is -4.66. The Morgan fingerprint density at radius 2 is 1.14 bits per heavy atom. The van der Waals surface area contributed by atoms with Crippen molar-refractivity contribution in [2.75, 3.05) is 19.7 Å². The monoisotopic (exact) mass is 640 g/mol. The molecule has 1 saturated carbocycles. The number of rotatable bonds is 10. The number of hydrogen-bond acceptors (Lipinski definition) is 19. The Morgan fingerprint density at radius 1 is 0.659 bits per heavy atom. The SMILES string of the molecule is [N-]=[N+]=N[C@H]1C[C@@H](N)[C@H](O)[C@@H](O[C@@H]2O[C@H](CO)[C@@H](O[C@H]3O[C@@H](CN)[C@@H](O)[C@H](O)[C@H]3N)[C@H]2O)[C@@H]1O[C@H]1O[C@H](CN)[C@@H](O)[C@H](O)[C@H]1N. The standard InChI is InChI=1S/C23H44N8O13/c24-2-7-13(34)15(36)10(27)21(39-7)42-18-6(30-31-29)1-5(26)12(33)20(18)44-23-17(38)19(9(4-32)41-23)43-22-11(28)16(37)14(35)8(3-25)40-22/h5-23,32-38H,1-4,24-28H2/t5-,6+,7-,8+,9-,10-,11-,12+,13-,14-,15-,16-,17-,18-,19-,20-,21-,22-,23+/m1/s1. The fourth-order valence-corrected chi connectivity index (χ4v) is 5.85. The third kappa shape index (κ3) is 6.96. The Kier molecular flexibility index (Phi) is 12.1. The van der Waals surface area contributed by atoms with Crippen LogP contribution in [0.4, 0.5) is 0 Å². The van der Waals surface area contributed by atoms with Gasteiger partial charge in [-0.3, -0.25) is 0 Å². The molecule has 3 saturated heterocycles. The highest BCUT2D eigenvalue weighted by Gasteiger charge is 2.54. The minimum Gasteiger partial charge on any atom is -0.394 e. The molecule has 1 aliphatic carbocycles. The van der Waals surface area contributed by atoms with Gasteiger partial charge in [0.05, 0.1) is 36.9 Å². The van der Waals surface area contributed by atoms with E-state index in [-0.39, 0.29) is 19.5 Å². The van der Waals surface area contributed by atoms with Crippen LogP contribution < -0.4 is 28.7 Å². The van der Waals surface area contributed by atoms with Crippen molar-refractivity contribution in [3.8, 4) is 0 Å². The summed E-state index contributed by atoms with van der Waals surface area (Å²) in [6.45, 7) is -1.08. The van der Waals surface area contributed by atoms with Crippen molar-refractivity contribution in [1.82, 2.24) is 0 Å². The van der Waals surface area contributed by atoms with E-state index < -0.39 is 123 Å². The van der Waals surface area contributed by atoms with Crippen molar-refractivity contribution in [2.24, 2.45) is 33.8 Å². The lowest BCUT2D eigenvalue weighted by Crippen LogP contribution is -2.67. The Balaban J connectivity index is 1.55. The van der Waals surface area contributed by atoms with Crippen molar-refractivity contribution in [1.29, 1.82) is 0 Å². The van der Waals surface area contributed by atoms with Gasteiger partial charge in [0.15, 0.2) is 18.9 Å².